The van der Waals surface area contributed by atoms with Crippen LogP contribution in [0.4, 0.5) is 4.39 Å². The van der Waals surface area contributed by atoms with Crippen LogP contribution >= 0.6 is 12.4 Å². The molecule has 0 saturated heterocycles. The molecule has 86 valence electrons. The van der Waals surface area contributed by atoms with Gasteiger partial charge in [0.1, 0.15) is 5.75 Å². The van der Waals surface area contributed by atoms with E-state index >= 15 is 0 Å². The lowest BCUT2D eigenvalue weighted by Crippen LogP contribution is -2.05. The van der Waals surface area contributed by atoms with Crippen LogP contribution in [0.1, 0.15) is 5.56 Å². The summed E-state index contributed by atoms with van der Waals surface area (Å²) in [5.74, 6) is 0.299. The van der Waals surface area contributed by atoms with Crippen LogP contribution in [-0.2, 0) is 6.42 Å². The van der Waals surface area contributed by atoms with Gasteiger partial charge in [-0.25, -0.2) is 4.39 Å². The third kappa shape index (κ3) is 3.25. The van der Waals surface area contributed by atoms with Gasteiger partial charge in [0.15, 0.2) is 11.6 Å². The summed E-state index contributed by atoms with van der Waals surface area (Å²) in [6, 6.07) is 2.92. The molecule has 1 aromatic rings. The first-order valence-corrected chi connectivity index (χ1v) is 4.33. The fourth-order valence-corrected chi connectivity index (χ4v) is 1.27. The van der Waals surface area contributed by atoms with Gasteiger partial charge in [-0.05, 0) is 24.6 Å². The van der Waals surface area contributed by atoms with Crippen molar-refractivity contribution < 1.29 is 13.9 Å². The maximum absolute atomic E-state index is 13.2. The number of methoxy groups -OCH3 is 2. The molecule has 0 bridgehead atoms. The number of hydrogen-bond acceptors (Lipinski definition) is 3. The van der Waals surface area contributed by atoms with Gasteiger partial charge in [0.05, 0.1) is 14.2 Å². The molecule has 0 saturated carbocycles. The van der Waals surface area contributed by atoms with Gasteiger partial charge in [0, 0.05) is 6.07 Å². The van der Waals surface area contributed by atoms with E-state index in [1.165, 1.54) is 20.3 Å². The minimum Gasteiger partial charge on any atom is -0.496 e. The van der Waals surface area contributed by atoms with E-state index in [1.807, 2.05) is 0 Å². The topological polar surface area (TPSA) is 44.5 Å². The second kappa shape index (κ2) is 6.48. The Morgan fingerprint density at radius 3 is 2.27 bits per heavy atom. The molecular weight excluding hydrogens is 221 g/mol. The number of nitrogens with two attached hydrogens (primary N) is 1. The molecule has 15 heavy (non-hydrogen) atoms. The standard InChI is InChI=1S/C10H14FNO2.ClH/c1-13-9-6-8(11)10(14-2)5-7(9)3-4-12;/h5-6H,3-4,12H2,1-2H3;1H. The largest absolute Gasteiger partial charge is 0.496 e. The number of rotatable bonds is 4. The zero-order valence-electron chi connectivity index (χ0n) is 8.75. The Bertz CT molecular complexity index is 321. The molecule has 0 amide bonds. The molecule has 0 aromatic heterocycles. The molecule has 0 heterocycles. The third-order valence-electron chi connectivity index (χ3n) is 1.97. The van der Waals surface area contributed by atoms with E-state index in [1.54, 1.807) is 6.07 Å². The summed E-state index contributed by atoms with van der Waals surface area (Å²) in [7, 11) is 2.93. The number of benzene rings is 1. The third-order valence-corrected chi connectivity index (χ3v) is 1.97. The zero-order chi connectivity index (χ0) is 10.6. The van der Waals surface area contributed by atoms with E-state index in [2.05, 4.69) is 0 Å². The maximum Gasteiger partial charge on any atom is 0.168 e. The Hall–Kier alpha value is -1.00. The molecule has 0 unspecified atom stereocenters. The summed E-state index contributed by atoms with van der Waals surface area (Å²) in [6.45, 7) is 0.491. The van der Waals surface area contributed by atoms with Crippen molar-refractivity contribution in [3.8, 4) is 11.5 Å². The molecule has 0 spiro atoms. The summed E-state index contributed by atoms with van der Waals surface area (Å²) in [5.41, 5.74) is 6.28. The quantitative estimate of drug-likeness (QED) is 0.865. The van der Waals surface area contributed by atoms with Crippen molar-refractivity contribution in [2.45, 2.75) is 6.42 Å². The highest BCUT2D eigenvalue weighted by molar-refractivity contribution is 5.85. The molecule has 5 heteroatoms. The van der Waals surface area contributed by atoms with Gasteiger partial charge in [0.2, 0.25) is 0 Å². The summed E-state index contributed by atoms with van der Waals surface area (Å²) in [5, 5.41) is 0. The minimum absolute atomic E-state index is 0. The smallest absolute Gasteiger partial charge is 0.168 e. The van der Waals surface area contributed by atoms with Crippen LogP contribution in [0.3, 0.4) is 0 Å². The lowest BCUT2D eigenvalue weighted by molar-refractivity contribution is 0.374. The minimum atomic E-state index is -0.426. The highest BCUT2D eigenvalue weighted by atomic mass is 35.5. The van der Waals surface area contributed by atoms with E-state index in [9.17, 15) is 4.39 Å². The highest BCUT2D eigenvalue weighted by Crippen LogP contribution is 2.27. The van der Waals surface area contributed by atoms with Crippen LogP contribution in [0, 0.1) is 5.82 Å². The Balaban J connectivity index is 0.00000196. The van der Waals surface area contributed by atoms with E-state index < -0.39 is 5.82 Å². The van der Waals surface area contributed by atoms with Gasteiger partial charge in [-0.1, -0.05) is 0 Å². The first-order valence-electron chi connectivity index (χ1n) is 4.33. The van der Waals surface area contributed by atoms with Crippen molar-refractivity contribution in [2.75, 3.05) is 20.8 Å². The van der Waals surface area contributed by atoms with Gasteiger partial charge < -0.3 is 15.2 Å². The summed E-state index contributed by atoms with van der Waals surface area (Å²) >= 11 is 0. The van der Waals surface area contributed by atoms with Crippen LogP contribution < -0.4 is 15.2 Å². The summed E-state index contributed by atoms with van der Waals surface area (Å²) < 4.78 is 23.1. The lowest BCUT2D eigenvalue weighted by atomic mass is 10.1. The van der Waals surface area contributed by atoms with Gasteiger partial charge in [-0.3, -0.25) is 0 Å². The first kappa shape index (κ1) is 14.0. The normalized spacial score (nSPS) is 9.33. The highest BCUT2D eigenvalue weighted by Gasteiger charge is 2.09. The van der Waals surface area contributed by atoms with Crippen molar-refractivity contribution in [1.29, 1.82) is 0 Å². The molecule has 2 N–H and O–H groups in total. The Morgan fingerprint density at radius 2 is 1.80 bits per heavy atom. The molecule has 0 radical (unpaired) electrons. The molecule has 0 aliphatic carbocycles. The van der Waals surface area contributed by atoms with Gasteiger partial charge in [-0.15, -0.1) is 12.4 Å². The monoisotopic (exact) mass is 235 g/mol. The first-order chi connectivity index (χ1) is 6.72. The number of halogens is 2. The molecule has 0 fully saturated rings. The average Bonchev–Trinajstić information content (AvgIpc) is 2.20. The molecule has 0 aliphatic heterocycles. The van der Waals surface area contributed by atoms with E-state index in [-0.39, 0.29) is 18.2 Å². The maximum atomic E-state index is 13.2. The van der Waals surface area contributed by atoms with Crippen molar-refractivity contribution in [2.24, 2.45) is 5.73 Å². The van der Waals surface area contributed by atoms with Crippen molar-refractivity contribution >= 4 is 12.4 Å². The Morgan fingerprint density at radius 1 is 1.20 bits per heavy atom. The predicted molar refractivity (Wildman–Crippen MR) is 59.5 cm³/mol. The van der Waals surface area contributed by atoms with Crippen LogP contribution in [0.25, 0.3) is 0 Å². The van der Waals surface area contributed by atoms with Crippen LogP contribution in [0.2, 0.25) is 0 Å². The Kier molecular flexibility index (Phi) is 6.05. The number of ether oxygens (including phenoxy) is 2. The molecule has 3 nitrogen and oxygen atoms in total. The number of hydrogen-bond donors (Lipinski definition) is 1. The fraction of sp³-hybridized carbons (Fsp3) is 0.400. The molecule has 1 rings (SSSR count). The van der Waals surface area contributed by atoms with Crippen molar-refractivity contribution in [1.82, 2.24) is 0 Å². The molecule has 1 aromatic carbocycles. The van der Waals surface area contributed by atoms with Crippen LogP contribution in [-0.4, -0.2) is 20.8 Å². The zero-order valence-corrected chi connectivity index (χ0v) is 9.57. The van der Waals surface area contributed by atoms with Gasteiger partial charge in [-0.2, -0.15) is 0 Å². The Labute approximate surface area is 94.8 Å². The summed E-state index contributed by atoms with van der Waals surface area (Å²) in [6.07, 6.45) is 0.639. The average molecular weight is 236 g/mol. The SMILES string of the molecule is COc1cc(CCN)c(OC)cc1F.Cl. The van der Waals surface area contributed by atoms with E-state index in [4.69, 9.17) is 15.2 Å². The molecule has 0 atom stereocenters. The second-order valence-corrected chi connectivity index (χ2v) is 2.84. The van der Waals surface area contributed by atoms with Gasteiger partial charge >= 0.3 is 0 Å². The van der Waals surface area contributed by atoms with Crippen molar-refractivity contribution in [3.05, 3.63) is 23.5 Å². The molecule has 0 aliphatic rings. The van der Waals surface area contributed by atoms with Crippen LogP contribution in [0.15, 0.2) is 12.1 Å². The lowest BCUT2D eigenvalue weighted by Gasteiger charge is -2.10. The van der Waals surface area contributed by atoms with Gasteiger partial charge in [0.25, 0.3) is 0 Å². The van der Waals surface area contributed by atoms with E-state index in [0.717, 1.165) is 5.56 Å². The predicted octanol–water partition coefficient (Wildman–Crippen LogP) is 1.77. The van der Waals surface area contributed by atoms with Crippen LogP contribution in [0.5, 0.6) is 11.5 Å². The van der Waals surface area contributed by atoms with Crippen molar-refractivity contribution in [3.63, 3.8) is 0 Å². The van der Waals surface area contributed by atoms with E-state index in [0.29, 0.717) is 18.7 Å². The molecular formula is C10H15ClFNO2. The fourth-order valence-electron chi connectivity index (χ4n) is 1.27. The summed E-state index contributed by atoms with van der Waals surface area (Å²) in [4.78, 5) is 0. The second-order valence-electron chi connectivity index (χ2n) is 2.84.